The molecular weight excluding hydrogens is 491 g/mol. The maximum atomic E-state index is 11.9. The van der Waals surface area contributed by atoms with Gasteiger partial charge in [0.25, 0.3) is 0 Å². The fourth-order valence-electron chi connectivity index (χ4n) is 3.39. The van der Waals surface area contributed by atoms with Crippen LogP contribution < -0.4 is 5.32 Å². The number of ether oxygens (including phenoxy) is 1. The third kappa shape index (κ3) is 7.08. The number of guanidine groups is 1. The summed E-state index contributed by atoms with van der Waals surface area (Å²) >= 11 is 6.01. The summed E-state index contributed by atoms with van der Waals surface area (Å²) in [6.07, 6.45) is 1.60. The van der Waals surface area contributed by atoms with Crippen molar-refractivity contribution in [2.45, 2.75) is 25.8 Å². The summed E-state index contributed by atoms with van der Waals surface area (Å²) in [5.41, 5.74) is 1.20. The molecule has 0 saturated carbocycles. The first-order valence-corrected chi connectivity index (χ1v) is 9.88. The summed E-state index contributed by atoms with van der Waals surface area (Å²) in [6.45, 7) is 4.63. The van der Waals surface area contributed by atoms with Gasteiger partial charge in [0.05, 0.1) is 18.6 Å². The molecule has 1 atom stereocenters. The summed E-state index contributed by atoms with van der Waals surface area (Å²) in [6, 6.07) is 8.16. The van der Waals surface area contributed by atoms with Crippen molar-refractivity contribution in [2.24, 2.45) is 10.9 Å². The van der Waals surface area contributed by atoms with E-state index in [-0.39, 0.29) is 41.9 Å². The Morgan fingerprint density at radius 2 is 1.93 bits per heavy atom. The molecule has 0 spiro atoms. The predicted octanol–water partition coefficient (Wildman–Crippen LogP) is 3.41. The van der Waals surface area contributed by atoms with Crippen LogP contribution in [0.15, 0.2) is 29.3 Å². The summed E-state index contributed by atoms with van der Waals surface area (Å²) in [4.78, 5) is 20.7. The zero-order valence-electron chi connectivity index (χ0n) is 17.2. The Labute approximate surface area is 190 Å². The average Bonchev–Trinajstić information content (AvgIpc) is 2.66. The van der Waals surface area contributed by atoms with E-state index in [1.54, 1.807) is 7.05 Å². The monoisotopic (exact) mass is 522 g/mol. The zero-order chi connectivity index (χ0) is 19.8. The summed E-state index contributed by atoms with van der Waals surface area (Å²) < 4.78 is 5.15. The zero-order valence-corrected chi connectivity index (χ0v) is 20.2. The van der Waals surface area contributed by atoms with Crippen LogP contribution >= 0.6 is 35.6 Å². The third-order valence-electron chi connectivity index (χ3n) is 4.96. The molecule has 0 amide bonds. The molecule has 1 heterocycles. The van der Waals surface area contributed by atoms with Crippen molar-refractivity contribution in [1.29, 1.82) is 0 Å². The standard InChI is InChI=1S/C20H31ClN4O2.HI/c1-5-27-19(26)16-10-12-25(13-11-16)20(22-2)23-14-18(24(3)4)15-6-8-17(21)9-7-15;/h6-9,16,18H,5,10-14H2,1-4H3,(H,22,23);1H. The molecule has 0 bridgehead atoms. The lowest BCUT2D eigenvalue weighted by Crippen LogP contribution is -2.48. The number of carbonyl (C=O) groups excluding carboxylic acids is 1. The summed E-state index contributed by atoms with van der Waals surface area (Å²) in [7, 11) is 5.93. The van der Waals surface area contributed by atoms with Crippen LogP contribution in [0.25, 0.3) is 0 Å². The van der Waals surface area contributed by atoms with Gasteiger partial charge >= 0.3 is 5.97 Å². The minimum Gasteiger partial charge on any atom is -0.466 e. The molecule has 1 aliphatic heterocycles. The molecule has 8 heteroatoms. The van der Waals surface area contributed by atoms with Crippen molar-refractivity contribution in [3.05, 3.63) is 34.9 Å². The van der Waals surface area contributed by atoms with Crippen LogP contribution in [-0.4, -0.2) is 69.1 Å². The lowest BCUT2D eigenvalue weighted by molar-refractivity contribution is -0.149. The molecular formula is C20H32ClIN4O2. The molecule has 0 aromatic heterocycles. The Morgan fingerprint density at radius 1 is 1.32 bits per heavy atom. The van der Waals surface area contributed by atoms with Gasteiger partial charge in [0, 0.05) is 31.7 Å². The predicted molar refractivity (Wildman–Crippen MR) is 126 cm³/mol. The number of likely N-dealkylation sites (tertiary alicyclic amines) is 1. The highest BCUT2D eigenvalue weighted by Gasteiger charge is 2.27. The molecule has 1 aromatic carbocycles. The quantitative estimate of drug-likeness (QED) is 0.269. The van der Waals surface area contributed by atoms with E-state index in [0.29, 0.717) is 6.61 Å². The minimum absolute atomic E-state index is 0. The highest BCUT2D eigenvalue weighted by Crippen LogP contribution is 2.21. The van der Waals surface area contributed by atoms with E-state index in [2.05, 4.69) is 46.3 Å². The van der Waals surface area contributed by atoms with Crippen LogP contribution in [0, 0.1) is 5.92 Å². The second kappa shape index (κ2) is 12.5. The Kier molecular flexibility index (Phi) is 11.1. The molecule has 1 fully saturated rings. The number of halogens is 2. The van der Waals surface area contributed by atoms with Gasteiger partial charge < -0.3 is 19.9 Å². The van der Waals surface area contributed by atoms with Crippen molar-refractivity contribution in [3.63, 3.8) is 0 Å². The first kappa shape index (κ1) is 25.0. The largest absolute Gasteiger partial charge is 0.466 e. The number of rotatable bonds is 6. The SMILES string of the molecule is CCOC(=O)C1CCN(C(=NC)NCC(c2ccc(Cl)cc2)N(C)C)CC1.I. The molecule has 0 aliphatic carbocycles. The van der Waals surface area contributed by atoms with E-state index in [0.717, 1.165) is 43.5 Å². The van der Waals surface area contributed by atoms with Crippen LogP contribution in [0.4, 0.5) is 0 Å². The van der Waals surface area contributed by atoms with Crippen molar-refractivity contribution in [1.82, 2.24) is 15.1 Å². The van der Waals surface area contributed by atoms with Crippen LogP contribution in [0.3, 0.4) is 0 Å². The van der Waals surface area contributed by atoms with E-state index in [1.807, 2.05) is 19.1 Å². The number of carbonyl (C=O) groups is 1. The highest BCUT2D eigenvalue weighted by molar-refractivity contribution is 14.0. The summed E-state index contributed by atoms with van der Waals surface area (Å²) in [5, 5.41) is 4.23. The molecule has 1 unspecified atom stereocenters. The number of likely N-dealkylation sites (N-methyl/N-ethyl adjacent to an activating group) is 1. The van der Waals surface area contributed by atoms with E-state index in [1.165, 1.54) is 5.56 Å². The number of aliphatic imine (C=N–C) groups is 1. The highest BCUT2D eigenvalue weighted by atomic mass is 127. The lowest BCUT2D eigenvalue weighted by Gasteiger charge is -2.34. The summed E-state index contributed by atoms with van der Waals surface area (Å²) in [5.74, 6) is 0.802. The Bertz CT molecular complexity index is 632. The maximum Gasteiger partial charge on any atom is 0.309 e. The van der Waals surface area contributed by atoms with Crippen molar-refractivity contribution < 1.29 is 9.53 Å². The molecule has 2 rings (SSSR count). The Hall–Kier alpha value is -1.06. The number of hydrogen-bond donors (Lipinski definition) is 1. The van der Waals surface area contributed by atoms with E-state index >= 15 is 0 Å². The normalized spacial score (nSPS) is 16.5. The van der Waals surface area contributed by atoms with Gasteiger partial charge in [-0.3, -0.25) is 9.79 Å². The van der Waals surface area contributed by atoms with Crippen LogP contribution in [0.5, 0.6) is 0 Å². The van der Waals surface area contributed by atoms with Gasteiger partial charge in [0.1, 0.15) is 0 Å². The molecule has 1 aromatic rings. The number of nitrogens with zero attached hydrogens (tertiary/aromatic N) is 3. The molecule has 1 saturated heterocycles. The minimum atomic E-state index is -0.0736. The van der Waals surface area contributed by atoms with Crippen molar-refractivity contribution in [3.8, 4) is 0 Å². The van der Waals surface area contributed by atoms with E-state index in [4.69, 9.17) is 16.3 Å². The number of nitrogens with one attached hydrogen (secondary N) is 1. The lowest BCUT2D eigenvalue weighted by atomic mass is 9.97. The molecule has 0 radical (unpaired) electrons. The Balaban J connectivity index is 0.00000392. The van der Waals surface area contributed by atoms with Gasteiger partial charge in [-0.25, -0.2) is 0 Å². The molecule has 28 heavy (non-hydrogen) atoms. The number of hydrogen-bond acceptors (Lipinski definition) is 4. The Morgan fingerprint density at radius 3 is 2.43 bits per heavy atom. The average molecular weight is 523 g/mol. The third-order valence-corrected chi connectivity index (χ3v) is 5.21. The first-order chi connectivity index (χ1) is 13.0. The van der Waals surface area contributed by atoms with Gasteiger partial charge in [-0.15, -0.1) is 24.0 Å². The maximum absolute atomic E-state index is 11.9. The van der Waals surface area contributed by atoms with Crippen molar-refractivity contribution >= 4 is 47.5 Å². The van der Waals surface area contributed by atoms with Crippen LogP contribution in [0.1, 0.15) is 31.4 Å². The molecule has 158 valence electrons. The number of esters is 1. The second-order valence-electron chi connectivity index (χ2n) is 6.97. The van der Waals surface area contributed by atoms with Gasteiger partial charge in [0.15, 0.2) is 5.96 Å². The van der Waals surface area contributed by atoms with Gasteiger partial charge in [0.2, 0.25) is 0 Å². The fraction of sp³-hybridized carbons (Fsp3) is 0.600. The van der Waals surface area contributed by atoms with E-state index in [9.17, 15) is 4.79 Å². The molecule has 1 N–H and O–H groups in total. The molecule has 1 aliphatic rings. The van der Waals surface area contributed by atoms with Gasteiger partial charge in [-0.2, -0.15) is 0 Å². The number of benzene rings is 1. The van der Waals surface area contributed by atoms with Crippen LogP contribution in [0.2, 0.25) is 5.02 Å². The van der Waals surface area contributed by atoms with Gasteiger partial charge in [-0.1, -0.05) is 23.7 Å². The van der Waals surface area contributed by atoms with Crippen LogP contribution in [-0.2, 0) is 9.53 Å². The smallest absolute Gasteiger partial charge is 0.309 e. The van der Waals surface area contributed by atoms with Crippen molar-refractivity contribution in [2.75, 3.05) is 47.4 Å². The van der Waals surface area contributed by atoms with Gasteiger partial charge in [-0.05, 0) is 51.6 Å². The topological polar surface area (TPSA) is 57.2 Å². The number of piperidine rings is 1. The molecule has 6 nitrogen and oxygen atoms in total. The fourth-order valence-corrected chi connectivity index (χ4v) is 3.52. The first-order valence-electron chi connectivity index (χ1n) is 9.50. The second-order valence-corrected chi connectivity index (χ2v) is 7.41. The van der Waals surface area contributed by atoms with E-state index < -0.39 is 0 Å².